The first-order valence-electron chi connectivity index (χ1n) is 6.65. The molecule has 1 aliphatic heterocycles. The molecule has 5 nitrogen and oxygen atoms in total. The van der Waals surface area contributed by atoms with Crippen molar-refractivity contribution in [2.45, 2.75) is 19.4 Å². The Morgan fingerprint density at radius 1 is 1.33 bits per heavy atom. The Hall–Kier alpha value is -2.69. The molecule has 0 fully saturated rings. The summed E-state index contributed by atoms with van der Waals surface area (Å²) in [5, 5.41) is 9.14. The van der Waals surface area contributed by atoms with E-state index in [-0.39, 0.29) is 12.3 Å². The average Bonchev–Trinajstić information content (AvgIpc) is 2.72. The van der Waals surface area contributed by atoms with Gasteiger partial charge in [0.1, 0.15) is 0 Å². The first-order valence-corrected chi connectivity index (χ1v) is 6.65. The van der Waals surface area contributed by atoms with Crippen LogP contribution < -0.4 is 4.90 Å². The number of rotatable bonds is 3. The van der Waals surface area contributed by atoms with E-state index in [4.69, 9.17) is 5.11 Å². The molecule has 0 bridgehead atoms. The highest BCUT2D eigenvalue weighted by Gasteiger charge is 2.39. The van der Waals surface area contributed by atoms with E-state index in [1.54, 1.807) is 18.3 Å². The second kappa shape index (κ2) is 5.01. The zero-order chi connectivity index (χ0) is 15.0. The maximum atomic E-state index is 12.6. The van der Waals surface area contributed by atoms with Gasteiger partial charge in [-0.05, 0) is 36.8 Å². The number of amides is 1. The molecule has 2 heterocycles. The smallest absolute Gasteiger partial charge is 0.305 e. The van der Waals surface area contributed by atoms with Crippen LogP contribution in [-0.2, 0) is 4.79 Å². The molecule has 1 aliphatic rings. The molecular weight excluding hydrogens is 268 g/mol. The Labute approximate surface area is 121 Å². The predicted molar refractivity (Wildman–Crippen MR) is 77.2 cm³/mol. The molecule has 1 aromatic heterocycles. The molecule has 0 spiro atoms. The van der Waals surface area contributed by atoms with Crippen molar-refractivity contribution in [2.24, 2.45) is 0 Å². The number of fused-ring (bicyclic) bond motifs is 1. The molecule has 0 saturated heterocycles. The molecule has 1 N–H and O–H groups in total. The highest BCUT2D eigenvalue weighted by Crippen LogP contribution is 2.38. The van der Waals surface area contributed by atoms with Gasteiger partial charge in [0, 0.05) is 11.9 Å². The molecule has 0 aliphatic carbocycles. The van der Waals surface area contributed by atoms with Gasteiger partial charge in [-0.1, -0.05) is 12.1 Å². The largest absolute Gasteiger partial charge is 0.481 e. The van der Waals surface area contributed by atoms with Gasteiger partial charge >= 0.3 is 5.97 Å². The molecule has 1 unspecified atom stereocenters. The standard InChI is InChI=1S/C16H14N2O3/c1-10-4-2-5-11(8-10)18-13(9-14(19)20)15-12(16(18)21)6-3-7-17-15/h2-8,13H,9H2,1H3,(H,19,20). The van der Waals surface area contributed by atoms with Crippen LogP contribution in [0.5, 0.6) is 0 Å². The number of hydrogen-bond acceptors (Lipinski definition) is 3. The lowest BCUT2D eigenvalue weighted by molar-refractivity contribution is -0.137. The minimum absolute atomic E-state index is 0.163. The molecular formula is C16H14N2O3. The average molecular weight is 282 g/mol. The van der Waals surface area contributed by atoms with Gasteiger partial charge in [-0.25, -0.2) is 0 Å². The van der Waals surface area contributed by atoms with Crippen LogP contribution in [0.25, 0.3) is 0 Å². The predicted octanol–water partition coefficient (Wildman–Crippen LogP) is 2.57. The third kappa shape index (κ3) is 2.27. The Kier molecular flexibility index (Phi) is 3.17. The summed E-state index contributed by atoms with van der Waals surface area (Å²) in [6.45, 7) is 1.93. The van der Waals surface area contributed by atoms with Crippen molar-refractivity contribution in [1.29, 1.82) is 0 Å². The summed E-state index contributed by atoms with van der Waals surface area (Å²) in [6.07, 6.45) is 1.42. The van der Waals surface area contributed by atoms with E-state index in [0.29, 0.717) is 16.9 Å². The number of pyridine rings is 1. The Bertz CT molecular complexity index is 727. The summed E-state index contributed by atoms with van der Waals surface area (Å²) in [4.78, 5) is 29.5. The number of aliphatic carboxylic acids is 1. The molecule has 5 heteroatoms. The van der Waals surface area contributed by atoms with Gasteiger partial charge in [-0.3, -0.25) is 19.5 Å². The number of carboxylic acid groups (broad SMARTS) is 1. The minimum atomic E-state index is -0.955. The van der Waals surface area contributed by atoms with Crippen molar-refractivity contribution in [3.8, 4) is 0 Å². The lowest BCUT2D eigenvalue weighted by atomic mass is 10.1. The van der Waals surface area contributed by atoms with Crippen molar-refractivity contribution in [2.75, 3.05) is 4.90 Å². The van der Waals surface area contributed by atoms with Crippen molar-refractivity contribution < 1.29 is 14.7 Å². The molecule has 106 valence electrons. The number of benzene rings is 1. The minimum Gasteiger partial charge on any atom is -0.481 e. The molecule has 1 amide bonds. The van der Waals surface area contributed by atoms with Gasteiger partial charge in [0.25, 0.3) is 5.91 Å². The molecule has 0 saturated carbocycles. The van der Waals surface area contributed by atoms with E-state index in [9.17, 15) is 9.59 Å². The maximum Gasteiger partial charge on any atom is 0.305 e. The van der Waals surface area contributed by atoms with E-state index in [2.05, 4.69) is 4.98 Å². The van der Waals surface area contributed by atoms with Crippen LogP contribution in [0.2, 0.25) is 0 Å². The third-order valence-corrected chi connectivity index (χ3v) is 3.56. The van der Waals surface area contributed by atoms with Crippen molar-refractivity contribution in [3.63, 3.8) is 0 Å². The lowest BCUT2D eigenvalue weighted by Crippen LogP contribution is -2.29. The number of hydrogen-bond donors (Lipinski definition) is 1. The van der Waals surface area contributed by atoms with Crippen LogP contribution in [0.3, 0.4) is 0 Å². The van der Waals surface area contributed by atoms with Crippen LogP contribution in [-0.4, -0.2) is 22.0 Å². The topological polar surface area (TPSA) is 70.5 Å². The van der Waals surface area contributed by atoms with Gasteiger partial charge in [0.2, 0.25) is 0 Å². The summed E-state index contributed by atoms with van der Waals surface area (Å²) >= 11 is 0. The molecule has 1 atom stereocenters. The number of aryl methyl sites for hydroxylation is 1. The van der Waals surface area contributed by atoms with Crippen molar-refractivity contribution in [3.05, 3.63) is 59.4 Å². The fraction of sp³-hybridized carbons (Fsp3) is 0.188. The number of carbonyl (C=O) groups excluding carboxylic acids is 1. The monoisotopic (exact) mass is 282 g/mol. The van der Waals surface area contributed by atoms with Crippen LogP contribution in [0.1, 0.15) is 34.1 Å². The second-order valence-electron chi connectivity index (χ2n) is 5.06. The molecule has 2 aromatic rings. The lowest BCUT2D eigenvalue weighted by Gasteiger charge is -2.24. The summed E-state index contributed by atoms with van der Waals surface area (Å²) in [7, 11) is 0. The van der Waals surface area contributed by atoms with E-state index in [0.717, 1.165) is 5.56 Å². The van der Waals surface area contributed by atoms with Crippen LogP contribution in [0.4, 0.5) is 5.69 Å². The van der Waals surface area contributed by atoms with E-state index < -0.39 is 12.0 Å². The maximum absolute atomic E-state index is 12.6. The number of carboxylic acids is 1. The van der Waals surface area contributed by atoms with Gasteiger partial charge in [0.15, 0.2) is 0 Å². The van der Waals surface area contributed by atoms with Crippen LogP contribution in [0, 0.1) is 6.92 Å². The van der Waals surface area contributed by atoms with Crippen LogP contribution in [0.15, 0.2) is 42.6 Å². The van der Waals surface area contributed by atoms with Gasteiger partial charge < -0.3 is 5.11 Å². The van der Waals surface area contributed by atoms with Gasteiger partial charge in [-0.2, -0.15) is 0 Å². The molecule has 1 aromatic carbocycles. The zero-order valence-corrected chi connectivity index (χ0v) is 11.5. The third-order valence-electron chi connectivity index (χ3n) is 3.56. The van der Waals surface area contributed by atoms with Crippen LogP contribution >= 0.6 is 0 Å². The zero-order valence-electron chi connectivity index (χ0n) is 11.5. The Morgan fingerprint density at radius 3 is 2.86 bits per heavy atom. The highest BCUT2D eigenvalue weighted by atomic mass is 16.4. The van der Waals surface area contributed by atoms with E-state index in [1.165, 1.54) is 4.90 Å². The summed E-state index contributed by atoms with van der Waals surface area (Å²) in [5.74, 6) is -1.15. The molecule has 3 rings (SSSR count). The Balaban J connectivity index is 2.11. The number of anilines is 1. The second-order valence-corrected chi connectivity index (χ2v) is 5.06. The summed E-state index contributed by atoms with van der Waals surface area (Å²) in [6, 6.07) is 10.3. The summed E-state index contributed by atoms with van der Waals surface area (Å²) < 4.78 is 0. The molecule has 0 radical (unpaired) electrons. The van der Waals surface area contributed by atoms with Gasteiger partial charge in [-0.15, -0.1) is 0 Å². The normalized spacial score (nSPS) is 16.9. The number of aromatic nitrogens is 1. The number of nitrogens with zero attached hydrogens (tertiary/aromatic N) is 2. The number of carbonyl (C=O) groups is 2. The van der Waals surface area contributed by atoms with Crippen molar-refractivity contribution in [1.82, 2.24) is 4.98 Å². The first kappa shape index (κ1) is 13.3. The first-order chi connectivity index (χ1) is 10.1. The van der Waals surface area contributed by atoms with Crippen molar-refractivity contribution >= 4 is 17.6 Å². The van der Waals surface area contributed by atoms with E-state index in [1.807, 2.05) is 31.2 Å². The molecule has 21 heavy (non-hydrogen) atoms. The summed E-state index contributed by atoms with van der Waals surface area (Å²) in [5.41, 5.74) is 2.72. The SMILES string of the molecule is Cc1cccc(N2C(=O)c3cccnc3C2CC(=O)O)c1. The van der Waals surface area contributed by atoms with Gasteiger partial charge in [0.05, 0.1) is 23.7 Å². The Morgan fingerprint density at radius 2 is 2.14 bits per heavy atom. The quantitative estimate of drug-likeness (QED) is 0.939. The van der Waals surface area contributed by atoms with E-state index >= 15 is 0 Å². The highest BCUT2D eigenvalue weighted by molar-refractivity contribution is 6.11. The fourth-order valence-electron chi connectivity index (χ4n) is 2.69. The fourth-order valence-corrected chi connectivity index (χ4v) is 2.69.